The quantitative estimate of drug-likeness (QED) is 0.194. The molecule has 0 aliphatic carbocycles. The van der Waals surface area contributed by atoms with Crippen molar-refractivity contribution >= 4 is 50.2 Å². The van der Waals surface area contributed by atoms with E-state index < -0.39 is 26.5 Å². The molecule has 208 valence electrons. The van der Waals surface area contributed by atoms with Crippen LogP contribution in [-0.4, -0.2) is 62.1 Å². The maximum atomic E-state index is 12.9. The monoisotopic (exact) mass is 594 g/mol. The van der Waals surface area contributed by atoms with Crippen LogP contribution < -0.4 is 5.32 Å². The van der Waals surface area contributed by atoms with Crippen molar-refractivity contribution in [2.75, 3.05) is 38.2 Å². The van der Waals surface area contributed by atoms with Gasteiger partial charge in [-0.25, -0.2) is 18.2 Å². The van der Waals surface area contributed by atoms with Gasteiger partial charge in [0.25, 0.3) is 5.69 Å². The summed E-state index contributed by atoms with van der Waals surface area (Å²) in [5.41, 5.74) is 1.14. The molecule has 0 saturated carbocycles. The lowest BCUT2D eigenvalue weighted by Crippen LogP contribution is -2.35. The first kappa shape index (κ1) is 28.9. The number of morpholine rings is 1. The zero-order chi connectivity index (χ0) is 28.0. The van der Waals surface area contributed by atoms with E-state index in [1.54, 1.807) is 19.1 Å². The molecule has 1 aliphatic rings. The first-order valence-electron chi connectivity index (χ1n) is 12.1. The van der Waals surface area contributed by atoms with E-state index in [4.69, 9.17) is 21.1 Å². The van der Waals surface area contributed by atoms with Crippen LogP contribution in [0, 0.1) is 10.1 Å². The van der Waals surface area contributed by atoms with Gasteiger partial charge in [0.2, 0.25) is 0 Å². The highest BCUT2D eigenvalue weighted by Crippen LogP contribution is 2.29. The third-order valence-corrected chi connectivity index (χ3v) is 9.04. The predicted octanol–water partition coefficient (Wildman–Crippen LogP) is 4.30. The molecule has 0 unspecified atom stereocenters. The average molecular weight is 595 g/mol. The molecule has 4 rings (SSSR count). The van der Waals surface area contributed by atoms with Crippen molar-refractivity contribution in [2.24, 2.45) is 0 Å². The van der Waals surface area contributed by atoms with Gasteiger partial charge in [-0.15, -0.1) is 11.3 Å². The first-order chi connectivity index (χ1) is 18.7. The largest absolute Gasteiger partial charge is 0.462 e. The second-order valence-corrected chi connectivity index (χ2v) is 12.2. The van der Waals surface area contributed by atoms with Crippen LogP contribution in [0.3, 0.4) is 0 Å². The standard InChI is InChI=1S/C25H27ClN4O7S2/c1-2-37-25(31)23-24(28-22(38-23)16-39(34,35)20-7-5-19(26)6-8-20)27-14-18-4-3-17(13-21(18)30(32)33)15-29-9-11-36-12-10-29/h3-8,13,27H,2,9-12,14-16H2,1H3. The molecule has 2 heterocycles. The van der Waals surface area contributed by atoms with E-state index in [9.17, 15) is 23.3 Å². The molecule has 1 N–H and O–H groups in total. The van der Waals surface area contributed by atoms with Crippen LogP contribution in [0.25, 0.3) is 0 Å². The van der Waals surface area contributed by atoms with Gasteiger partial charge in [-0.05, 0) is 36.8 Å². The van der Waals surface area contributed by atoms with Crippen LogP contribution in [0.4, 0.5) is 11.5 Å². The SMILES string of the molecule is CCOC(=O)c1sc(CS(=O)(=O)c2ccc(Cl)cc2)nc1NCc1ccc(CN2CCOCC2)cc1[N+](=O)[O-]. The molecule has 1 saturated heterocycles. The smallest absolute Gasteiger partial charge is 0.352 e. The van der Waals surface area contributed by atoms with Crippen molar-refractivity contribution in [1.82, 2.24) is 9.88 Å². The molecule has 0 atom stereocenters. The van der Waals surface area contributed by atoms with Crippen LogP contribution in [-0.2, 0) is 38.2 Å². The van der Waals surface area contributed by atoms with Gasteiger partial charge >= 0.3 is 5.97 Å². The summed E-state index contributed by atoms with van der Waals surface area (Å²) in [7, 11) is -3.77. The Labute approximate surface area is 234 Å². The maximum Gasteiger partial charge on any atom is 0.352 e. The molecule has 0 bridgehead atoms. The molecule has 0 spiro atoms. The Hall–Kier alpha value is -3.10. The van der Waals surface area contributed by atoms with Gasteiger partial charge in [-0.1, -0.05) is 23.7 Å². The third-order valence-electron chi connectivity index (χ3n) is 5.92. The molecular formula is C25H27ClN4O7S2. The number of nitro groups is 1. The van der Waals surface area contributed by atoms with E-state index in [-0.39, 0.29) is 39.4 Å². The normalized spacial score (nSPS) is 14.2. The van der Waals surface area contributed by atoms with Crippen molar-refractivity contribution in [3.05, 3.63) is 78.6 Å². The van der Waals surface area contributed by atoms with Gasteiger partial charge in [0, 0.05) is 42.8 Å². The van der Waals surface area contributed by atoms with Crippen molar-refractivity contribution in [3.63, 3.8) is 0 Å². The second kappa shape index (κ2) is 12.8. The van der Waals surface area contributed by atoms with Crippen molar-refractivity contribution in [2.45, 2.75) is 30.7 Å². The number of nitrogens with one attached hydrogen (secondary N) is 1. The van der Waals surface area contributed by atoms with Crippen LogP contribution in [0.1, 0.15) is 32.7 Å². The summed E-state index contributed by atoms with van der Waals surface area (Å²) in [5, 5.41) is 15.4. The highest BCUT2D eigenvalue weighted by Gasteiger charge is 2.25. The number of carbonyl (C=O) groups excluding carboxylic acids is 1. The van der Waals surface area contributed by atoms with Gasteiger partial charge < -0.3 is 14.8 Å². The lowest BCUT2D eigenvalue weighted by molar-refractivity contribution is -0.385. The number of esters is 1. The van der Waals surface area contributed by atoms with Gasteiger partial charge in [-0.2, -0.15) is 0 Å². The summed E-state index contributed by atoms with van der Waals surface area (Å²) in [4.78, 5) is 30.6. The fourth-order valence-corrected chi connectivity index (χ4v) is 6.66. The van der Waals surface area contributed by atoms with Gasteiger partial charge in [0.15, 0.2) is 20.5 Å². The molecular weight excluding hydrogens is 568 g/mol. The van der Waals surface area contributed by atoms with Crippen molar-refractivity contribution < 1.29 is 27.6 Å². The highest BCUT2D eigenvalue weighted by molar-refractivity contribution is 7.90. The summed E-state index contributed by atoms with van der Waals surface area (Å²) in [6.45, 7) is 5.11. The lowest BCUT2D eigenvalue weighted by Gasteiger charge is -2.26. The fraction of sp³-hybridized carbons (Fsp3) is 0.360. The Balaban J connectivity index is 1.54. The molecule has 0 amide bonds. The Bertz CT molecular complexity index is 1440. The van der Waals surface area contributed by atoms with E-state index in [0.29, 0.717) is 30.3 Å². The molecule has 0 radical (unpaired) electrons. The second-order valence-electron chi connectivity index (χ2n) is 8.68. The van der Waals surface area contributed by atoms with Crippen LogP contribution in [0.2, 0.25) is 5.02 Å². The molecule has 2 aromatic carbocycles. The lowest BCUT2D eigenvalue weighted by atomic mass is 10.1. The number of nitrogens with zero attached hydrogens (tertiary/aromatic N) is 3. The number of halogens is 1. The Morgan fingerprint density at radius 2 is 1.95 bits per heavy atom. The first-order valence-corrected chi connectivity index (χ1v) is 15.0. The molecule has 1 aliphatic heterocycles. The fourth-order valence-electron chi connectivity index (χ4n) is 3.99. The van der Waals surface area contributed by atoms with Gasteiger partial charge in [0.1, 0.15) is 10.8 Å². The summed E-state index contributed by atoms with van der Waals surface area (Å²) in [6.07, 6.45) is 0. The highest BCUT2D eigenvalue weighted by atomic mass is 35.5. The molecule has 11 nitrogen and oxygen atoms in total. The zero-order valence-electron chi connectivity index (χ0n) is 21.1. The van der Waals surface area contributed by atoms with Crippen LogP contribution >= 0.6 is 22.9 Å². The number of hydrogen-bond donors (Lipinski definition) is 1. The number of nitro benzene ring substituents is 1. The number of aromatic nitrogens is 1. The zero-order valence-corrected chi connectivity index (χ0v) is 23.5. The van der Waals surface area contributed by atoms with Gasteiger partial charge in [0.05, 0.1) is 29.6 Å². The molecule has 3 aromatic rings. The minimum atomic E-state index is -3.77. The maximum absolute atomic E-state index is 12.9. The molecule has 14 heteroatoms. The van der Waals surface area contributed by atoms with Crippen molar-refractivity contribution in [3.8, 4) is 0 Å². The van der Waals surface area contributed by atoms with Crippen molar-refractivity contribution in [1.29, 1.82) is 0 Å². The number of hydrogen-bond acceptors (Lipinski definition) is 11. The Kier molecular flexibility index (Phi) is 9.51. The third kappa shape index (κ3) is 7.51. The van der Waals surface area contributed by atoms with E-state index in [2.05, 4.69) is 15.2 Å². The molecule has 39 heavy (non-hydrogen) atoms. The van der Waals surface area contributed by atoms with E-state index >= 15 is 0 Å². The summed E-state index contributed by atoms with van der Waals surface area (Å²) >= 11 is 6.76. The van der Waals surface area contributed by atoms with E-state index in [0.717, 1.165) is 30.0 Å². The van der Waals surface area contributed by atoms with E-state index in [1.807, 2.05) is 6.07 Å². The predicted molar refractivity (Wildman–Crippen MR) is 147 cm³/mol. The minimum absolute atomic E-state index is 0.00629. The van der Waals surface area contributed by atoms with Crippen LogP contribution in [0.5, 0.6) is 0 Å². The number of rotatable bonds is 11. The number of thiazole rings is 1. The molecule has 1 fully saturated rings. The number of benzene rings is 2. The number of carbonyl (C=O) groups is 1. The molecule has 1 aromatic heterocycles. The minimum Gasteiger partial charge on any atom is -0.462 e. The van der Waals surface area contributed by atoms with Crippen LogP contribution in [0.15, 0.2) is 47.4 Å². The van der Waals surface area contributed by atoms with Gasteiger partial charge in [-0.3, -0.25) is 15.0 Å². The number of anilines is 1. The van der Waals surface area contributed by atoms with E-state index in [1.165, 1.54) is 24.3 Å². The Morgan fingerprint density at radius 1 is 1.23 bits per heavy atom. The summed E-state index contributed by atoms with van der Waals surface area (Å²) in [5.74, 6) is -1.00. The number of ether oxygens (including phenoxy) is 2. The summed E-state index contributed by atoms with van der Waals surface area (Å²) in [6, 6.07) is 10.8. The summed E-state index contributed by atoms with van der Waals surface area (Å²) < 4.78 is 36.3. The topological polar surface area (TPSA) is 141 Å². The Morgan fingerprint density at radius 3 is 2.62 bits per heavy atom. The number of sulfone groups is 1. The average Bonchev–Trinajstić information content (AvgIpc) is 3.30.